The molecule has 11 heteroatoms. The van der Waals surface area contributed by atoms with Crippen LogP contribution in [0.3, 0.4) is 0 Å². The number of nitrogens with zero attached hydrogens (tertiary/aromatic N) is 1. The Hall–Kier alpha value is -2.11. The molecule has 1 saturated heterocycles. The Morgan fingerprint density at radius 3 is 2.42 bits per heavy atom. The van der Waals surface area contributed by atoms with Crippen molar-refractivity contribution < 1.29 is 32.4 Å². The lowest BCUT2D eigenvalue weighted by molar-refractivity contribution is -0.240. The minimum Gasteiger partial charge on any atom is -0.329 e. The summed E-state index contributed by atoms with van der Waals surface area (Å²) in [6, 6.07) is 6.19. The summed E-state index contributed by atoms with van der Waals surface area (Å²) in [4.78, 5) is 40.8. The van der Waals surface area contributed by atoms with Gasteiger partial charge in [0.15, 0.2) is 0 Å². The lowest BCUT2D eigenvalue weighted by Gasteiger charge is -2.40. The van der Waals surface area contributed by atoms with Gasteiger partial charge in [-0.25, -0.2) is 4.79 Å². The van der Waals surface area contributed by atoms with Crippen molar-refractivity contribution in [1.82, 2.24) is 10.4 Å². The fourth-order valence-corrected chi connectivity index (χ4v) is 3.69. The number of halogens is 3. The molecule has 172 valence electrons. The number of carbonyl (C=O) groups excluding carboxylic acids is 3. The molecule has 0 bridgehead atoms. The molecule has 1 fully saturated rings. The van der Waals surface area contributed by atoms with E-state index in [1.165, 1.54) is 0 Å². The highest BCUT2D eigenvalue weighted by molar-refractivity contribution is 7.80. The summed E-state index contributed by atoms with van der Waals surface area (Å²) in [5, 5.41) is 3.40. The smallest absolute Gasteiger partial charge is 0.329 e. The molecule has 0 aliphatic carbocycles. The van der Waals surface area contributed by atoms with Gasteiger partial charge in [0.25, 0.3) is 0 Å². The standard InChI is InChI=1S/C20H26F3N3O4S/c1-13-4-2-3-5-14(13)10-19(6-8-25-9-7-19)12-26(30-18(29)20(21,22)23)17(28)16(27)15(24)11-31/h2-5,15,25,31H,6-12,24H2,1H3/t15-/m0/s1. The van der Waals surface area contributed by atoms with E-state index in [0.29, 0.717) is 32.4 Å². The molecule has 1 amide bonds. The van der Waals surface area contributed by atoms with Gasteiger partial charge in [0.1, 0.15) is 0 Å². The topological polar surface area (TPSA) is 102 Å². The van der Waals surface area contributed by atoms with Crippen LogP contribution in [-0.4, -0.2) is 60.3 Å². The van der Waals surface area contributed by atoms with Crippen LogP contribution in [0.1, 0.15) is 24.0 Å². The van der Waals surface area contributed by atoms with Crippen molar-refractivity contribution in [3.8, 4) is 0 Å². The number of thiol groups is 1. The van der Waals surface area contributed by atoms with Gasteiger partial charge in [0.2, 0.25) is 5.78 Å². The first-order valence-corrected chi connectivity index (χ1v) is 10.4. The summed E-state index contributed by atoms with van der Waals surface area (Å²) in [7, 11) is 0. The lowest BCUT2D eigenvalue weighted by Crippen LogP contribution is -2.53. The maximum atomic E-state index is 12.8. The van der Waals surface area contributed by atoms with Crippen LogP contribution in [0, 0.1) is 12.3 Å². The Balaban J connectivity index is 2.36. The SMILES string of the molecule is Cc1ccccc1CC1(CN(OC(=O)C(F)(F)F)C(=O)C(=O)[C@@H](N)CS)CCNCC1. The van der Waals surface area contributed by atoms with Crippen molar-refractivity contribution in [2.75, 3.05) is 25.4 Å². The van der Waals surface area contributed by atoms with E-state index in [0.717, 1.165) is 11.1 Å². The average molecular weight is 462 g/mol. The molecule has 2 rings (SSSR count). The number of nitrogens with one attached hydrogen (secondary N) is 1. The number of alkyl halides is 3. The van der Waals surface area contributed by atoms with Crippen LogP contribution in [0.2, 0.25) is 0 Å². The van der Waals surface area contributed by atoms with E-state index in [-0.39, 0.29) is 17.4 Å². The summed E-state index contributed by atoms with van der Waals surface area (Å²) in [5.74, 6) is -5.34. The Labute approximate surface area is 183 Å². The molecule has 1 heterocycles. The van der Waals surface area contributed by atoms with E-state index in [1.54, 1.807) is 0 Å². The molecule has 1 aliphatic rings. The van der Waals surface area contributed by atoms with Gasteiger partial charge in [-0.2, -0.15) is 30.9 Å². The van der Waals surface area contributed by atoms with E-state index in [9.17, 15) is 27.6 Å². The first-order valence-electron chi connectivity index (χ1n) is 9.75. The number of nitrogens with two attached hydrogens (primary N) is 1. The summed E-state index contributed by atoms with van der Waals surface area (Å²) in [6.07, 6.45) is -3.89. The van der Waals surface area contributed by atoms with Crippen molar-refractivity contribution >= 4 is 30.3 Å². The van der Waals surface area contributed by atoms with Crippen molar-refractivity contribution in [2.24, 2.45) is 11.1 Å². The number of Topliss-reactive ketones (excluding diaryl/α,β-unsaturated/α-hetero) is 1. The van der Waals surface area contributed by atoms with Crippen LogP contribution >= 0.6 is 12.6 Å². The Kier molecular flexibility index (Phi) is 8.49. The third-order valence-corrected chi connectivity index (χ3v) is 5.76. The quantitative estimate of drug-likeness (QED) is 0.324. The zero-order valence-electron chi connectivity index (χ0n) is 17.1. The number of carbonyl (C=O) groups is 3. The maximum Gasteiger partial charge on any atom is 0.493 e. The Morgan fingerprint density at radius 1 is 1.26 bits per heavy atom. The monoisotopic (exact) mass is 461 g/mol. The summed E-state index contributed by atoms with van der Waals surface area (Å²) in [6.45, 7) is 2.66. The second-order valence-electron chi connectivity index (χ2n) is 7.72. The Morgan fingerprint density at radius 2 is 1.87 bits per heavy atom. The van der Waals surface area contributed by atoms with E-state index < -0.39 is 35.3 Å². The van der Waals surface area contributed by atoms with E-state index in [4.69, 9.17) is 5.73 Å². The molecule has 0 radical (unpaired) electrons. The van der Waals surface area contributed by atoms with Crippen LogP contribution < -0.4 is 11.1 Å². The van der Waals surface area contributed by atoms with Crippen LogP contribution in [0.15, 0.2) is 24.3 Å². The number of benzene rings is 1. The molecule has 7 nitrogen and oxygen atoms in total. The molecule has 1 aromatic carbocycles. The first-order chi connectivity index (χ1) is 14.5. The third-order valence-electron chi connectivity index (χ3n) is 5.37. The highest BCUT2D eigenvalue weighted by atomic mass is 32.1. The minimum atomic E-state index is -5.33. The van der Waals surface area contributed by atoms with Gasteiger partial charge in [0.05, 0.1) is 12.6 Å². The second-order valence-corrected chi connectivity index (χ2v) is 8.09. The fourth-order valence-electron chi connectivity index (χ4n) is 3.53. The van der Waals surface area contributed by atoms with Gasteiger partial charge in [-0.05, 0) is 55.8 Å². The zero-order valence-corrected chi connectivity index (χ0v) is 18.0. The van der Waals surface area contributed by atoms with E-state index >= 15 is 0 Å². The van der Waals surface area contributed by atoms with Gasteiger partial charge in [0, 0.05) is 5.75 Å². The van der Waals surface area contributed by atoms with Crippen molar-refractivity contribution in [3.05, 3.63) is 35.4 Å². The molecule has 0 spiro atoms. The fraction of sp³-hybridized carbons (Fsp3) is 0.550. The largest absolute Gasteiger partial charge is 0.493 e. The highest BCUT2D eigenvalue weighted by Gasteiger charge is 2.46. The number of rotatable bonds is 7. The van der Waals surface area contributed by atoms with Gasteiger partial charge < -0.3 is 15.9 Å². The second kappa shape index (κ2) is 10.5. The van der Waals surface area contributed by atoms with E-state index in [2.05, 4.69) is 22.8 Å². The van der Waals surface area contributed by atoms with Gasteiger partial charge in [-0.1, -0.05) is 24.3 Å². The molecule has 1 atom stereocenters. The van der Waals surface area contributed by atoms with Gasteiger partial charge in [-0.3, -0.25) is 9.59 Å². The molecule has 1 aliphatic heterocycles. The molecule has 1 aromatic rings. The number of hydroxylamine groups is 2. The molecule has 0 aromatic heterocycles. The highest BCUT2D eigenvalue weighted by Crippen LogP contribution is 2.35. The number of aryl methyl sites for hydroxylation is 1. The number of hydrogen-bond acceptors (Lipinski definition) is 7. The predicted molar refractivity (Wildman–Crippen MR) is 110 cm³/mol. The van der Waals surface area contributed by atoms with Crippen molar-refractivity contribution in [3.63, 3.8) is 0 Å². The molecule has 31 heavy (non-hydrogen) atoms. The van der Waals surface area contributed by atoms with Crippen molar-refractivity contribution in [1.29, 1.82) is 0 Å². The summed E-state index contributed by atoms with van der Waals surface area (Å²) < 4.78 is 38.5. The molecular formula is C20H26F3N3O4S. The predicted octanol–water partition coefficient (Wildman–Crippen LogP) is 1.58. The molecule has 3 N–H and O–H groups in total. The van der Waals surface area contributed by atoms with E-state index in [1.807, 2.05) is 31.2 Å². The minimum absolute atomic E-state index is 0.191. The summed E-state index contributed by atoms with van der Waals surface area (Å²) >= 11 is 3.85. The third kappa shape index (κ3) is 6.68. The van der Waals surface area contributed by atoms with Crippen LogP contribution in [-0.2, 0) is 25.6 Å². The zero-order chi connectivity index (χ0) is 23.2. The first kappa shape index (κ1) is 25.2. The maximum absolute atomic E-state index is 12.8. The van der Waals surface area contributed by atoms with Crippen LogP contribution in [0.5, 0.6) is 0 Å². The number of ketones is 1. The number of amides is 1. The molecule has 0 saturated carbocycles. The number of piperidine rings is 1. The van der Waals surface area contributed by atoms with Gasteiger partial charge in [-0.15, -0.1) is 0 Å². The normalized spacial score (nSPS) is 17.0. The molecular weight excluding hydrogens is 435 g/mol. The van der Waals surface area contributed by atoms with Gasteiger partial charge >= 0.3 is 18.1 Å². The van der Waals surface area contributed by atoms with Crippen LogP contribution in [0.4, 0.5) is 13.2 Å². The number of hydrogen-bond donors (Lipinski definition) is 3. The Bertz CT molecular complexity index is 813. The van der Waals surface area contributed by atoms with Crippen molar-refractivity contribution in [2.45, 2.75) is 38.4 Å². The molecule has 0 unspecified atom stereocenters. The lowest BCUT2D eigenvalue weighted by atomic mass is 9.73. The van der Waals surface area contributed by atoms with Crippen LogP contribution in [0.25, 0.3) is 0 Å². The average Bonchev–Trinajstić information content (AvgIpc) is 2.73. The summed E-state index contributed by atoms with van der Waals surface area (Å²) in [5.41, 5.74) is 6.77.